The number of nitriles is 1. The van der Waals surface area contributed by atoms with Gasteiger partial charge in [0.25, 0.3) is 0 Å². The third-order valence-electron chi connectivity index (χ3n) is 2.65. The largest absolute Gasteiger partial charge is 0.395 e. The number of hydrogen-bond donors (Lipinski definition) is 2. The van der Waals surface area contributed by atoms with Crippen molar-refractivity contribution in [3.8, 4) is 6.07 Å². The maximum atomic E-state index is 8.90. The highest BCUT2D eigenvalue weighted by atomic mass is 15.0. The summed E-state index contributed by atoms with van der Waals surface area (Å²) in [6.07, 6.45) is 5.06. The van der Waals surface area contributed by atoms with Crippen molar-refractivity contribution >= 4 is 11.5 Å². The van der Waals surface area contributed by atoms with Gasteiger partial charge in [-0.25, -0.2) is 4.98 Å². The van der Waals surface area contributed by atoms with E-state index in [1.807, 2.05) is 25.1 Å². The van der Waals surface area contributed by atoms with Crippen molar-refractivity contribution in [2.75, 3.05) is 11.1 Å². The molecule has 5 heteroatoms. The molecule has 0 saturated heterocycles. The first kappa shape index (κ1) is 11.9. The van der Waals surface area contributed by atoms with E-state index in [4.69, 9.17) is 11.0 Å². The predicted molar refractivity (Wildman–Crippen MR) is 69.6 cm³/mol. The van der Waals surface area contributed by atoms with E-state index in [0.29, 0.717) is 17.1 Å². The van der Waals surface area contributed by atoms with Crippen molar-refractivity contribution < 1.29 is 0 Å². The molecule has 0 fully saturated rings. The summed E-state index contributed by atoms with van der Waals surface area (Å²) in [6.45, 7) is 1.98. The van der Waals surface area contributed by atoms with Crippen molar-refractivity contribution in [3.63, 3.8) is 0 Å². The molecule has 0 aliphatic heterocycles. The van der Waals surface area contributed by atoms with Gasteiger partial charge in [-0.2, -0.15) is 5.26 Å². The fourth-order valence-electron chi connectivity index (χ4n) is 1.61. The molecule has 0 spiro atoms. The second kappa shape index (κ2) is 5.15. The van der Waals surface area contributed by atoms with Crippen LogP contribution in [0, 0.1) is 11.3 Å². The SMILES string of the molecule is CC(Nc1nccc(C#N)c1N)c1cccnc1. The Kier molecular flexibility index (Phi) is 3.39. The Balaban J connectivity index is 2.23. The summed E-state index contributed by atoms with van der Waals surface area (Å²) in [6, 6.07) is 7.48. The molecular formula is C13H13N5. The van der Waals surface area contributed by atoms with Crippen molar-refractivity contribution in [2.24, 2.45) is 0 Å². The first-order valence-corrected chi connectivity index (χ1v) is 5.53. The normalized spacial score (nSPS) is 11.6. The summed E-state index contributed by atoms with van der Waals surface area (Å²) in [5.41, 5.74) is 7.68. The third kappa shape index (κ3) is 2.38. The van der Waals surface area contributed by atoms with Crippen LogP contribution in [-0.2, 0) is 0 Å². The Morgan fingerprint density at radius 1 is 1.39 bits per heavy atom. The maximum absolute atomic E-state index is 8.90. The van der Waals surface area contributed by atoms with Crippen LogP contribution >= 0.6 is 0 Å². The lowest BCUT2D eigenvalue weighted by atomic mass is 10.1. The number of nitrogens with one attached hydrogen (secondary N) is 1. The maximum Gasteiger partial charge on any atom is 0.151 e. The second-order valence-corrected chi connectivity index (χ2v) is 3.88. The van der Waals surface area contributed by atoms with Crippen LogP contribution in [0.3, 0.4) is 0 Å². The molecule has 1 atom stereocenters. The molecule has 0 aliphatic carbocycles. The van der Waals surface area contributed by atoms with E-state index in [1.54, 1.807) is 24.7 Å². The Bertz CT molecular complexity index is 574. The van der Waals surface area contributed by atoms with Crippen molar-refractivity contribution in [2.45, 2.75) is 13.0 Å². The molecule has 2 heterocycles. The number of nitrogens with zero attached hydrogens (tertiary/aromatic N) is 3. The smallest absolute Gasteiger partial charge is 0.151 e. The average molecular weight is 239 g/mol. The minimum atomic E-state index is 0.0162. The molecule has 18 heavy (non-hydrogen) atoms. The molecule has 3 N–H and O–H groups in total. The number of hydrogen-bond acceptors (Lipinski definition) is 5. The zero-order chi connectivity index (χ0) is 13.0. The van der Waals surface area contributed by atoms with Crippen molar-refractivity contribution in [3.05, 3.63) is 47.9 Å². The van der Waals surface area contributed by atoms with E-state index in [-0.39, 0.29) is 6.04 Å². The van der Waals surface area contributed by atoms with E-state index in [0.717, 1.165) is 5.56 Å². The molecular weight excluding hydrogens is 226 g/mol. The number of nitrogens with two attached hydrogens (primary N) is 1. The van der Waals surface area contributed by atoms with Gasteiger partial charge in [-0.05, 0) is 24.6 Å². The number of pyridine rings is 2. The minimum Gasteiger partial charge on any atom is -0.395 e. The Hall–Kier alpha value is -2.61. The second-order valence-electron chi connectivity index (χ2n) is 3.88. The summed E-state index contributed by atoms with van der Waals surface area (Å²) >= 11 is 0. The van der Waals surface area contributed by atoms with Gasteiger partial charge in [-0.15, -0.1) is 0 Å². The summed E-state index contributed by atoms with van der Waals surface area (Å²) in [5.74, 6) is 0.519. The van der Waals surface area contributed by atoms with E-state index < -0.39 is 0 Å². The van der Waals surface area contributed by atoms with Gasteiger partial charge < -0.3 is 11.1 Å². The molecule has 2 aromatic heterocycles. The van der Waals surface area contributed by atoms with E-state index in [2.05, 4.69) is 15.3 Å². The highest BCUT2D eigenvalue weighted by molar-refractivity contribution is 5.69. The summed E-state index contributed by atoms with van der Waals surface area (Å²) in [5, 5.41) is 12.1. The van der Waals surface area contributed by atoms with Crippen LogP contribution < -0.4 is 11.1 Å². The number of nitrogen functional groups attached to an aromatic ring is 1. The minimum absolute atomic E-state index is 0.0162. The van der Waals surface area contributed by atoms with Crippen LogP contribution in [0.4, 0.5) is 11.5 Å². The number of rotatable bonds is 3. The highest BCUT2D eigenvalue weighted by Gasteiger charge is 2.10. The zero-order valence-corrected chi connectivity index (χ0v) is 9.96. The van der Waals surface area contributed by atoms with Gasteiger partial charge in [-0.1, -0.05) is 6.07 Å². The van der Waals surface area contributed by atoms with Crippen LogP contribution in [0.1, 0.15) is 24.1 Å². The van der Waals surface area contributed by atoms with Crippen LogP contribution in [0.2, 0.25) is 0 Å². The van der Waals surface area contributed by atoms with Gasteiger partial charge in [0.05, 0.1) is 17.3 Å². The van der Waals surface area contributed by atoms with E-state index in [1.165, 1.54) is 0 Å². The quantitative estimate of drug-likeness (QED) is 0.856. The third-order valence-corrected chi connectivity index (χ3v) is 2.65. The molecule has 0 amide bonds. The highest BCUT2D eigenvalue weighted by Crippen LogP contribution is 2.23. The molecule has 0 saturated carbocycles. The van der Waals surface area contributed by atoms with Gasteiger partial charge in [0.2, 0.25) is 0 Å². The average Bonchev–Trinajstić information content (AvgIpc) is 2.42. The van der Waals surface area contributed by atoms with Gasteiger partial charge in [0, 0.05) is 18.6 Å². The topological polar surface area (TPSA) is 87.6 Å². The molecule has 5 nitrogen and oxygen atoms in total. The zero-order valence-electron chi connectivity index (χ0n) is 9.96. The summed E-state index contributed by atoms with van der Waals surface area (Å²) < 4.78 is 0. The molecule has 1 unspecified atom stereocenters. The van der Waals surface area contributed by atoms with Crippen molar-refractivity contribution in [1.29, 1.82) is 5.26 Å². The van der Waals surface area contributed by atoms with Gasteiger partial charge >= 0.3 is 0 Å². The number of aromatic nitrogens is 2. The lowest BCUT2D eigenvalue weighted by Gasteiger charge is -2.16. The van der Waals surface area contributed by atoms with Crippen LogP contribution in [0.15, 0.2) is 36.8 Å². The molecule has 90 valence electrons. The lowest BCUT2D eigenvalue weighted by molar-refractivity contribution is 0.867. The monoisotopic (exact) mass is 239 g/mol. The van der Waals surface area contributed by atoms with Gasteiger partial charge in [-0.3, -0.25) is 4.98 Å². The molecule has 2 aromatic rings. The van der Waals surface area contributed by atoms with Crippen LogP contribution in [-0.4, -0.2) is 9.97 Å². The standard InChI is InChI=1S/C13H13N5/c1-9(11-3-2-5-16-8-11)18-13-12(15)10(7-14)4-6-17-13/h2-6,8-9H,15H2,1H3,(H,17,18). The fourth-order valence-corrected chi connectivity index (χ4v) is 1.61. The van der Waals surface area contributed by atoms with Crippen LogP contribution in [0.5, 0.6) is 0 Å². The van der Waals surface area contributed by atoms with Gasteiger partial charge in [0.15, 0.2) is 5.82 Å². The predicted octanol–water partition coefficient (Wildman–Crippen LogP) is 2.10. The first-order chi connectivity index (χ1) is 8.72. The van der Waals surface area contributed by atoms with Gasteiger partial charge in [0.1, 0.15) is 6.07 Å². The fraction of sp³-hybridized carbons (Fsp3) is 0.154. The molecule has 0 radical (unpaired) electrons. The Labute approximate surface area is 105 Å². The van der Waals surface area contributed by atoms with E-state index in [9.17, 15) is 0 Å². The summed E-state index contributed by atoms with van der Waals surface area (Å²) in [4.78, 5) is 8.20. The summed E-state index contributed by atoms with van der Waals surface area (Å²) in [7, 11) is 0. The van der Waals surface area contributed by atoms with Crippen molar-refractivity contribution in [1.82, 2.24) is 9.97 Å². The first-order valence-electron chi connectivity index (χ1n) is 5.53. The molecule has 0 aromatic carbocycles. The Morgan fingerprint density at radius 2 is 2.22 bits per heavy atom. The van der Waals surface area contributed by atoms with E-state index >= 15 is 0 Å². The number of anilines is 2. The Morgan fingerprint density at radius 3 is 2.89 bits per heavy atom. The van der Waals surface area contributed by atoms with Crippen LogP contribution in [0.25, 0.3) is 0 Å². The lowest BCUT2D eigenvalue weighted by Crippen LogP contribution is -2.10. The molecule has 0 aliphatic rings. The molecule has 2 rings (SSSR count). The molecule has 0 bridgehead atoms.